The van der Waals surface area contributed by atoms with Crippen molar-refractivity contribution in [2.75, 3.05) is 7.11 Å². The van der Waals surface area contributed by atoms with E-state index in [1.807, 2.05) is 18.2 Å². The fourth-order valence-electron chi connectivity index (χ4n) is 2.71. The summed E-state index contributed by atoms with van der Waals surface area (Å²) in [5.74, 6) is 0.116. The SMILES string of the molecule is COc1cc(/C=N/NC(=O)c2cccc([N+](=O)[O-])c2)cc(Cl)c1OCc1ccccc1Cl. The first-order valence-corrected chi connectivity index (χ1v) is 9.96. The monoisotopic (exact) mass is 473 g/mol. The standard InChI is InChI=1S/C22H17Cl2N3O5/c1-31-20-10-14(9-19(24)21(20)32-13-16-5-2-3-8-18(16)23)12-25-26-22(28)15-6-4-7-17(11-15)27(29)30/h2-12H,13H2,1H3,(H,26,28)/b25-12+. The molecule has 0 fully saturated rings. The number of non-ortho nitro benzene ring substituents is 1. The molecule has 0 unspecified atom stereocenters. The summed E-state index contributed by atoms with van der Waals surface area (Å²) in [6.07, 6.45) is 1.36. The highest BCUT2D eigenvalue weighted by atomic mass is 35.5. The molecule has 3 aromatic carbocycles. The summed E-state index contributed by atoms with van der Waals surface area (Å²) in [5.41, 5.74) is 3.57. The summed E-state index contributed by atoms with van der Waals surface area (Å²) in [5, 5.41) is 15.6. The van der Waals surface area contributed by atoms with Gasteiger partial charge in [0, 0.05) is 28.3 Å². The average molecular weight is 474 g/mol. The molecule has 0 aliphatic heterocycles. The van der Waals surface area contributed by atoms with Gasteiger partial charge in [-0.25, -0.2) is 5.43 Å². The number of nitro benzene ring substituents is 1. The normalized spacial score (nSPS) is 10.7. The minimum absolute atomic E-state index is 0.107. The van der Waals surface area contributed by atoms with Gasteiger partial charge in [0.15, 0.2) is 11.5 Å². The Morgan fingerprint density at radius 3 is 2.62 bits per heavy atom. The third-order valence-electron chi connectivity index (χ3n) is 4.28. The Morgan fingerprint density at radius 2 is 1.91 bits per heavy atom. The molecule has 1 N–H and O–H groups in total. The largest absolute Gasteiger partial charge is 0.493 e. The van der Waals surface area contributed by atoms with Crippen LogP contribution < -0.4 is 14.9 Å². The van der Waals surface area contributed by atoms with Gasteiger partial charge in [0.25, 0.3) is 11.6 Å². The maximum Gasteiger partial charge on any atom is 0.271 e. The second-order valence-corrected chi connectivity index (χ2v) is 7.24. The van der Waals surface area contributed by atoms with Crippen molar-refractivity contribution in [1.82, 2.24) is 5.43 Å². The minimum Gasteiger partial charge on any atom is -0.493 e. The molecule has 3 aromatic rings. The van der Waals surface area contributed by atoms with E-state index in [0.717, 1.165) is 11.6 Å². The highest BCUT2D eigenvalue weighted by Crippen LogP contribution is 2.37. The zero-order valence-electron chi connectivity index (χ0n) is 16.7. The fraction of sp³-hybridized carbons (Fsp3) is 0.0909. The van der Waals surface area contributed by atoms with Crippen LogP contribution in [0, 0.1) is 10.1 Å². The van der Waals surface area contributed by atoms with Crippen molar-refractivity contribution < 1.29 is 19.2 Å². The second kappa shape index (κ2) is 10.6. The lowest BCUT2D eigenvalue weighted by Gasteiger charge is -2.14. The third-order valence-corrected chi connectivity index (χ3v) is 4.93. The van der Waals surface area contributed by atoms with Crippen LogP contribution >= 0.6 is 23.2 Å². The number of nitro groups is 1. The van der Waals surface area contributed by atoms with E-state index in [0.29, 0.717) is 22.1 Å². The van der Waals surface area contributed by atoms with Crippen molar-refractivity contribution in [1.29, 1.82) is 0 Å². The van der Waals surface area contributed by atoms with Crippen LogP contribution in [0.5, 0.6) is 11.5 Å². The zero-order valence-corrected chi connectivity index (χ0v) is 18.3. The van der Waals surface area contributed by atoms with Crippen LogP contribution in [0.4, 0.5) is 5.69 Å². The van der Waals surface area contributed by atoms with Gasteiger partial charge >= 0.3 is 0 Å². The Morgan fingerprint density at radius 1 is 1.12 bits per heavy atom. The third kappa shape index (κ3) is 5.75. The molecule has 0 aliphatic rings. The Balaban J connectivity index is 1.70. The van der Waals surface area contributed by atoms with Crippen molar-refractivity contribution in [3.8, 4) is 11.5 Å². The fourth-order valence-corrected chi connectivity index (χ4v) is 3.17. The topological polar surface area (TPSA) is 103 Å². The van der Waals surface area contributed by atoms with E-state index in [-0.39, 0.29) is 22.9 Å². The Hall–Kier alpha value is -3.62. The summed E-state index contributed by atoms with van der Waals surface area (Å²) in [4.78, 5) is 22.4. The molecule has 0 saturated carbocycles. The number of hydrogen-bond donors (Lipinski definition) is 1. The van der Waals surface area contributed by atoms with Crippen molar-refractivity contribution in [2.45, 2.75) is 6.61 Å². The van der Waals surface area contributed by atoms with E-state index in [1.165, 1.54) is 31.5 Å². The highest BCUT2D eigenvalue weighted by Gasteiger charge is 2.13. The first-order valence-electron chi connectivity index (χ1n) is 9.20. The molecule has 0 bridgehead atoms. The number of carbonyl (C=O) groups is 1. The van der Waals surface area contributed by atoms with Gasteiger partial charge < -0.3 is 9.47 Å². The number of carbonyl (C=O) groups excluding carboxylic acids is 1. The molecule has 164 valence electrons. The van der Waals surface area contributed by atoms with Crippen LogP contribution in [0.3, 0.4) is 0 Å². The van der Waals surface area contributed by atoms with Gasteiger partial charge in [0.2, 0.25) is 0 Å². The second-order valence-electron chi connectivity index (χ2n) is 6.42. The van der Waals surface area contributed by atoms with Crippen molar-refractivity contribution in [3.63, 3.8) is 0 Å². The molecule has 0 aromatic heterocycles. The van der Waals surface area contributed by atoms with Gasteiger partial charge in [-0.05, 0) is 29.8 Å². The molecule has 0 heterocycles. The quantitative estimate of drug-likeness (QED) is 0.273. The van der Waals surface area contributed by atoms with Gasteiger partial charge in [0.1, 0.15) is 6.61 Å². The summed E-state index contributed by atoms with van der Waals surface area (Å²) in [7, 11) is 1.47. The van der Waals surface area contributed by atoms with Crippen LogP contribution in [0.1, 0.15) is 21.5 Å². The summed E-state index contributed by atoms with van der Waals surface area (Å²) >= 11 is 12.5. The number of halogens is 2. The molecule has 3 rings (SSSR count). The molecule has 0 aliphatic carbocycles. The molecular weight excluding hydrogens is 457 g/mol. The van der Waals surface area contributed by atoms with Gasteiger partial charge in [-0.1, -0.05) is 47.5 Å². The van der Waals surface area contributed by atoms with Crippen LogP contribution in [0.25, 0.3) is 0 Å². The number of ether oxygens (including phenoxy) is 2. The van der Waals surface area contributed by atoms with Gasteiger partial charge in [0.05, 0.1) is 23.3 Å². The minimum atomic E-state index is -0.595. The molecule has 1 amide bonds. The highest BCUT2D eigenvalue weighted by molar-refractivity contribution is 6.32. The van der Waals surface area contributed by atoms with Crippen LogP contribution in [-0.4, -0.2) is 24.2 Å². The first kappa shape index (κ1) is 23.1. The van der Waals surface area contributed by atoms with Crippen molar-refractivity contribution in [2.24, 2.45) is 5.10 Å². The summed E-state index contributed by atoms with van der Waals surface area (Å²) in [6, 6.07) is 15.8. The zero-order chi connectivity index (χ0) is 23.1. The lowest BCUT2D eigenvalue weighted by Crippen LogP contribution is -2.17. The number of nitrogens with zero attached hydrogens (tertiary/aromatic N) is 2. The predicted molar refractivity (Wildman–Crippen MR) is 122 cm³/mol. The van der Waals surface area contributed by atoms with Crippen molar-refractivity contribution >= 4 is 41.0 Å². The van der Waals surface area contributed by atoms with Crippen molar-refractivity contribution in [3.05, 3.63) is 97.5 Å². The average Bonchev–Trinajstić information content (AvgIpc) is 2.79. The molecule has 0 radical (unpaired) electrons. The number of rotatable bonds is 8. The molecule has 0 atom stereocenters. The Bertz CT molecular complexity index is 1180. The van der Waals surface area contributed by atoms with Gasteiger partial charge in [-0.2, -0.15) is 5.10 Å². The van der Waals surface area contributed by atoms with Gasteiger partial charge in [-0.15, -0.1) is 0 Å². The molecule has 8 nitrogen and oxygen atoms in total. The first-order chi connectivity index (χ1) is 15.4. The maximum absolute atomic E-state index is 12.2. The number of hydrazone groups is 1. The van der Waals surface area contributed by atoms with Gasteiger partial charge in [-0.3, -0.25) is 14.9 Å². The van der Waals surface area contributed by atoms with E-state index in [1.54, 1.807) is 18.2 Å². The number of nitrogens with one attached hydrogen (secondary N) is 1. The Kier molecular flexibility index (Phi) is 7.64. The maximum atomic E-state index is 12.2. The van der Waals surface area contributed by atoms with Crippen LogP contribution in [0.15, 0.2) is 65.8 Å². The lowest BCUT2D eigenvalue weighted by atomic mass is 10.2. The van der Waals surface area contributed by atoms with E-state index >= 15 is 0 Å². The van der Waals surface area contributed by atoms with Crippen LogP contribution in [0.2, 0.25) is 10.0 Å². The van der Waals surface area contributed by atoms with E-state index in [4.69, 9.17) is 32.7 Å². The molecule has 32 heavy (non-hydrogen) atoms. The molecular formula is C22H17Cl2N3O5. The van der Waals surface area contributed by atoms with Crippen LogP contribution in [-0.2, 0) is 6.61 Å². The summed E-state index contributed by atoms with van der Waals surface area (Å²) in [6.45, 7) is 0.197. The molecule has 0 saturated heterocycles. The smallest absolute Gasteiger partial charge is 0.271 e. The lowest BCUT2D eigenvalue weighted by molar-refractivity contribution is -0.384. The number of methoxy groups -OCH3 is 1. The molecule has 0 spiro atoms. The number of amides is 1. The van der Waals surface area contributed by atoms with E-state index < -0.39 is 10.8 Å². The van der Waals surface area contributed by atoms with E-state index in [9.17, 15) is 14.9 Å². The number of benzene rings is 3. The molecule has 10 heteroatoms. The predicted octanol–water partition coefficient (Wildman–Crippen LogP) is 5.25. The Labute approximate surface area is 193 Å². The number of hydrogen-bond acceptors (Lipinski definition) is 6. The van der Waals surface area contributed by atoms with E-state index in [2.05, 4.69) is 10.5 Å². The summed E-state index contributed by atoms with van der Waals surface area (Å²) < 4.78 is 11.2.